The molecule has 1 aromatic heterocycles. The largest absolute Gasteiger partial charge is 0.383 e. The topological polar surface area (TPSA) is 101 Å². The van der Waals surface area contributed by atoms with Gasteiger partial charge in [0.15, 0.2) is 5.69 Å². The number of hydrogen-bond donors (Lipinski definition) is 2. The van der Waals surface area contributed by atoms with Gasteiger partial charge >= 0.3 is 5.69 Å². The van der Waals surface area contributed by atoms with E-state index in [1.54, 1.807) is 0 Å². The fraction of sp³-hybridized carbons (Fsp3) is 0.261. The minimum Gasteiger partial charge on any atom is -0.383 e. The molecule has 0 fully saturated rings. The van der Waals surface area contributed by atoms with E-state index in [9.17, 15) is 18.8 Å². The Morgan fingerprint density at radius 3 is 2.50 bits per heavy atom. The molecule has 0 radical (unpaired) electrons. The highest BCUT2D eigenvalue weighted by Crippen LogP contribution is 2.25. The summed E-state index contributed by atoms with van der Waals surface area (Å²) >= 11 is 6.10. The summed E-state index contributed by atoms with van der Waals surface area (Å²) in [5.41, 5.74) is 5.48. The molecule has 3 aromatic rings. The van der Waals surface area contributed by atoms with E-state index in [0.29, 0.717) is 6.42 Å². The number of H-pyrrole nitrogens is 1. The zero-order chi connectivity index (χ0) is 23.4. The van der Waals surface area contributed by atoms with Crippen molar-refractivity contribution < 1.29 is 9.18 Å². The Labute approximate surface area is 189 Å². The number of nitrogens with zero attached hydrogens (tertiary/aromatic N) is 2. The Morgan fingerprint density at radius 2 is 1.88 bits per heavy atom. The fourth-order valence-corrected chi connectivity index (χ4v) is 3.52. The normalized spacial score (nSPS) is 11.0. The molecule has 0 atom stereocenters. The predicted octanol–water partition coefficient (Wildman–Crippen LogP) is 3.65. The second kappa shape index (κ2) is 9.82. The fourth-order valence-electron chi connectivity index (χ4n) is 3.27. The number of carbonyl (C=O) groups excluding carboxylic acids is 1. The van der Waals surface area contributed by atoms with Crippen LogP contribution >= 0.6 is 11.6 Å². The van der Waals surface area contributed by atoms with Crippen molar-refractivity contribution in [2.45, 2.75) is 26.8 Å². The van der Waals surface area contributed by atoms with E-state index in [1.807, 2.05) is 44.2 Å². The molecule has 168 valence electrons. The van der Waals surface area contributed by atoms with Crippen LogP contribution in [0.5, 0.6) is 0 Å². The van der Waals surface area contributed by atoms with Gasteiger partial charge in [-0.1, -0.05) is 55.8 Å². The van der Waals surface area contributed by atoms with Crippen molar-refractivity contribution in [3.05, 3.63) is 91.3 Å². The lowest BCUT2D eigenvalue weighted by Gasteiger charge is -2.25. The van der Waals surface area contributed by atoms with E-state index in [0.717, 1.165) is 17.7 Å². The van der Waals surface area contributed by atoms with E-state index >= 15 is 0 Å². The molecule has 0 aliphatic carbocycles. The number of halogens is 2. The van der Waals surface area contributed by atoms with Crippen molar-refractivity contribution >= 4 is 29.0 Å². The number of nitrogen functional groups attached to an aromatic ring is 1. The molecular formula is C23H24ClFN4O3. The highest BCUT2D eigenvalue weighted by molar-refractivity contribution is 6.34. The first kappa shape index (κ1) is 23.3. The average molecular weight is 459 g/mol. The predicted molar refractivity (Wildman–Crippen MR) is 124 cm³/mol. The van der Waals surface area contributed by atoms with Crippen LogP contribution < -0.4 is 21.9 Å². The van der Waals surface area contributed by atoms with Gasteiger partial charge in [-0.2, -0.15) is 0 Å². The monoisotopic (exact) mass is 458 g/mol. The highest BCUT2D eigenvalue weighted by Gasteiger charge is 2.27. The molecule has 0 spiro atoms. The van der Waals surface area contributed by atoms with Crippen LogP contribution in [0.25, 0.3) is 0 Å². The van der Waals surface area contributed by atoms with Crippen LogP contribution in [-0.4, -0.2) is 22.0 Å². The number of anilines is 2. The minimum absolute atomic E-state index is 0.0245. The molecule has 9 heteroatoms. The first-order chi connectivity index (χ1) is 15.2. The Balaban J connectivity index is 2.13. The lowest BCUT2D eigenvalue weighted by Crippen LogP contribution is -2.42. The van der Waals surface area contributed by atoms with Gasteiger partial charge in [0, 0.05) is 6.54 Å². The molecule has 0 saturated heterocycles. The zero-order valence-electron chi connectivity index (χ0n) is 17.8. The summed E-state index contributed by atoms with van der Waals surface area (Å²) in [4.78, 5) is 42.1. The van der Waals surface area contributed by atoms with Crippen LogP contribution in [0.3, 0.4) is 0 Å². The molecule has 0 aliphatic rings. The summed E-state index contributed by atoms with van der Waals surface area (Å²) in [6.45, 7) is 4.20. The Kier molecular flexibility index (Phi) is 7.15. The first-order valence-corrected chi connectivity index (χ1v) is 10.5. The summed E-state index contributed by atoms with van der Waals surface area (Å²) in [5.74, 6) is -1.13. The van der Waals surface area contributed by atoms with Gasteiger partial charge in [-0.05, 0) is 36.1 Å². The van der Waals surface area contributed by atoms with Gasteiger partial charge in [0.25, 0.3) is 11.5 Å². The number of aromatic amines is 1. The van der Waals surface area contributed by atoms with Gasteiger partial charge in [-0.3, -0.25) is 19.1 Å². The molecule has 1 heterocycles. The molecule has 3 N–H and O–H groups in total. The van der Waals surface area contributed by atoms with Crippen molar-refractivity contribution in [3.8, 4) is 0 Å². The van der Waals surface area contributed by atoms with Crippen LogP contribution in [-0.2, 0) is 6.54 Å². The van der Waals surface area contributed by atoms with Crippen LogP contribution in [0.1, 0.15) is 36.2 Å². The van der Waals surface area contributed by atoms with Gasteiger partial charge in [-0.15, -0.1) is 0 Å². The van der Waals surface area contributed by atoms with Crippen molar-refractivity contribution in [2.75, 3.05) is 17.2 Å². The summed E-state index contributed by atoms with van der Waals surface area (Å²) in [6.07, 6.45) is 0.557. The first-order valence-electron chi connectivity index (χ1n) is 10.1. The quantitative estimate of drug-likeness (QED) is 0.564. The third-order valence-corrected chi connectivity index (χ3v) is 5.32. The smallest absolute Gasteiger partial charge is 0.330 e. The van der Waals surface area contributed by atoms with Gasteiger partial charge in [-0.25, -0.2) is 9.18 Å². The molecule has 0 saturated carbocycles. The van der Waals surface area contributed by atoms with Gasteiger partial charge in [0.05, 0.1) is 17.1 Å². The molecule has 3 rings (SSSR count). The lowest BCUT2D eigenvalue weighted by atomic mass is 10.1. The summed E-state index contributed by atoms with van der Waals surface area (Å²) in [6, 6.07) is 12.5. The second-order valence-electron chi connectivity index (χ2n) is 7.83. The third-order valence-electron chi connectivity index (χ3n) is 5.00. The molecule has 0 aliphatic heterocycles. The number of benzene rings is 2. The van der Waals surface area contributed by atoms with Gasteiger partial charge in [0.2, 0.25) is 0 Å². The number of nitrogens with one attached hydrogen (secondary N) is 1. The van der Waals surface area contributed by atoms with Crippen LogP contribution in [0.2, 0.25) is 5.02 Å². The Hall–Kier alpha value is -3.39. The van der Waals surface area contributed by atoms with E-state index < -0.39 is 23.0 Å². The van der Waals surface area contributed by atoms with Crippen molar-refractivity contribution in [1.29, 1.82) is 0 Å². The van der Waals surface area contributed by atoms with Crippen LogP contribution in [0.15, 0.2) is 58.1 Å². The van der Waals surface area contributed by atoms with Gasteiger partial charge < -0.3 is 10.6 Å². The molecule has 7 nitrogen and oxygen atoms in total. The number of hydrogen-bond acceptors (Lipinski definition) is 4. The van der Waals surface area contributed by atoms with E-state index in [2.05, 4.69) is 4.98 Å². The van der Waals surface area contributed by atoms with Crippen molar-refractivity contribution in [3.63, 3.8) is 0 Å². The average Bonchev–Trinajstić information content (AvgIpc) is 2.73. The lowest BCUT2D eigenvalue weighted by molar-refractivity contribution is 0.0985. The summed E-state index contributed by atoms with van der Waals surface area (Å²) < 4.78 is 14.7. The second-order valence-corrected chi connectivity index (χ2v) is 8.24. The van der Waals surface area contributed by atoms with Crippen LogP contribution in [0, 0.1) is 11.7 Å². The molecule has 1 amide bonds. The molecule has 2 aromatic carbocycles. The number of amides is 1. The van der Waals surface area contributed by atoms with Gasteiger partial charge in [0.1, 0.15) is 11.6 Å². The van der Waals surface area contributed by atoms with Crippen molar-refractivity contribution in [1.82, 2.24) is 9.55 Å². The van der Waals surface area contributed by atoms with Crippen LogP contribution in [0.4, 0.5) is 15.9 Å². The number of aromatic nitrogens is 2. The molecule has 32 heavy (non-hydrogen) atoms. The SMILES string of the molecule is CC(C)CCN(C(=O)c1ccc(F)cc1Cl)c1c(N)n(Cc2ccccc2)c(=O)[nH]c1=O. The summed E-state index contributed by atoms with van der Waals surface area (Å²) in [7, 11) is 0. The molecular weight excluding hydrogens is 435 g/mol. The van der Waals surface area contributed by atoms with E-state index in [1.165, 1.54) is 15.5 Å². The van der Waals surface area contributed by atoms with E-state index in [-0.39, 0.29) is 41.1 Å². The maximum absolute atomic E-state index is 13.5. The highest BCUT2D eigenvalue weighted by atomic mass is 35.5. The number of rotatable bonds is 7. The molecule has 0 bridgehead atoms. The maximum atomic E-state index is 13.5. The number of nitrogens with two attached hydrogens (primary N) is 1. The summed E-state index contributed by atoms with van der Waals surface area (Å²) in [5, 5.41) is -0.0860. The maximum Gasteiger partial charge on any atom is 0.330 e. The third kappa shape index (κ3) is 5.08. The minimum atomic E-state index is -0.785. The van der Waals surface area contributed by atoms with E-state index in [4.69, 9.17) is 17.3 Å². The standard InChI is InChI=1S/C23H24ClFN4O3/c1-14(2)10-11-28(22(31)17-9-8-16(25)12-18(17)24)19-20(26)29(23(32)27-21(19)30)13-15-6-4-3-5-7-15/h3-9,12,14H,10-11,13,26H2,1-2H3,(H,27,30,32). The zero-order valence-corrected chi connectivity index (χ0v) is 18.5. The Bertz CT molecular complexity index is 1240. The van der Waals surface area contributed by atoms with Crippen molar-refractivity contribution in [2.24, 2.45) is 5.92 Å². The Morgan fingerprint density at radius 1 is 1.19 bits per heavy atom. The molecule has 0 unspecified atom stereocenters. The number of carbonyl (C=O) groups is 1.